The van der Waals surface area contributed by atoms with Crippen molar-refractivity contribution in [3.63, 3.8) is 0 Å². The third kappa shape index (κ3) is 3.99. The summed E-state index contributed by atoms with van der Waals surface area (Å²) in [7, 11) is 0. The minimum absolute atomic E-state index is 0.205. The lowest BCUT2D eigenvalue weighted by Gasteiger charge is -2.50. The van der Waals surface area contributed by atoms with Crippen LogP contribution in [0.5, 0.6) is 5.75 Å². The van der Waals surface area contributed by atoms with Crippen molar-refractivity contribution >= 4 is 6.09 Å². The lowest BCUT2D eigenvalue weighted by Crippen LogP contribution is -2.62. The molecular formula is C20H22F2N2O4. The van der Waals surface area contributed by atoms with Crippen LogP contribution in [0.25, 0.3) is 0 Å². The summed E-state index contributed by atoms with van der Waals surface area (Å²) in [6, 6.07) is 11.3. The number of rotatable bonds is 5. The van der Waals surface area contributed by atoms with Crippen molar-refractivity contribution in [2.24, 2.45) is 0 Å². The molecule has 2 aromatic rings. The predicted octanol–water partition coefficient (Wildman–Crippen LogP) is 4.48. The van der Waals surface area contributed by atoms with E-state index in [-0.39, 0.29) is 24.9 Å². The molecule has 0 aliphatic carbocycles. The van der Waals surface area contributed by atoms with E-state index in [1.807, 2.05) is 0 Å². The summed E-state index contributed by atoms with van der Waals surface area (Å²) in [6.45, 7) is 2.02. The average molecular weight is 392 g/mol. The number of nitrogens with zero attached hydrogens (tertiary/aromatic N) is 2. The Labute approximate surface area is 161 Å². The van der Waals surface area contributed by atoms with Gasteiger partial charge in [0.1, 0.15) is 17.9 Å². The molecule has 1 saturated heterocycles. The number of ether oxygens (including phenoxy) is 1. The van der Waals surface area contributed by atoms with Crippen LogP contribution >= 0.6 is 0 Å². The van der Waals surface area contributed by atoms with E-state index in [0.717, 1.165) is 12.1 Å². The number of carbonyl (C=O) groups is 1. The van der Waals surface area contributed by atoms with E-state index in [4.69, 9.17) is 4.74 Å². The summed E-state index contributed by atoms with van der Waals surface area (Å²) >= 11 is 0. The summed E-state index contributed by atoms with van der Waals surface area (Å²) in [6.07, 6.45) is -0.988. The Bertz CT molecular complexity index is 828. The van der Waals surface area contributed by atoms with Crippen molar-refractivity contribution in [2.75, 3.05) is 13.1 Å². The van der Waals surface area contributed by atoms with E-state index in [2.05, 4.69) is 0 Å². The van der Waals surface area contributed by atoms with Crippen LogP contribution in [0.4, 0.5) is 13.6 Å². The van der Waals surface area contributed by atoms with Gasteiger partial charge in [0.15, 0.2) is 11.6 Å². The highest BCUT2D eigenvalue weighted by Crippen LogP contribution is 2.33. The average Bonchev–Trinajstić information content (AvgIpc) is 2.70. The molecule has 150 valence electrons. The van der Waals surface area contributed by atoms with Gasteiger partial charge in [0.25, 0.3) is 0 Å². The van der Waals surface area contributed by atoms with Gasteiger partial charge in [-0.3, -0.25) is 0 Å². The molecule has 1 heterocycles. The monoisotopic (exact) mass is 392 g/mol. The molecule has 0 aromatic heterocycles. The molecule has 1 amide bonds. The second kappa shape index (κ2) is 8.22. The molecule has 0 bridgehead atoms. The molecule has 1 fully saturated rings. The minimum Gasteiger partial charge on any atom is -0.601 e. The van der Waals surface area contributed by atoms with Gasteiger partial charge in [-0.1, -0.05) is 30.3 Å². The van der Waals surface area contributed by atoms with Crippen molar-refractivity contribution in [3.05, 3.63) is 70.9 Å². The standard InChI is InChI=1S/C20H22F2N2O4/c1-14(15-5-3-2-4-6-15)24(27,20(25)26)23-11-9-16(10-12-23)28-17-7-8-18(21)19(22)13-17/h2-8,13-14,16H,9-12H2,1H3,(H,25,26). The maximum atomic E-state index is 13.3. The Kier molecular flexibility index (Phi) is 5.93. The van der Waals surface area contributed by atoms with Gasteiger partial charge >= 0.3 is 6.09 Å². The summed E-state index contributed by atoms with van der Waals surface area (Å²) in [4.78, 5) is 11.9. The van der Waals surface area contributed by atoms with Crippen LogP contribution in [-0.2, 0) is 0 Å². The fourth-order valence-electron chi connectivity index (χ4n) is 3.46. The first kappa shape index (κ1) is 20.2. The van der Waals surface area contributed by atoms with Crippen molar-refractivity contribution in [1.82, 2.24) is 5.01 Å². The zero-order valence-electron chi connectivity index (χ0n) is 15.4. The van der Waals surface area contributed by atoms with Gasteiger partial charge in [0.05, 0.1) is 13.1 Å². The number of halogens is 2. The van der Waals surface area contributed by atoms with E-state index in [1.54, 1.807) is 37.3 Å². The topological polar surface area (TPSA) is 72.8 Å². The van der Waals surface area contributed by atoms with Gasteiger partial charge in [-0.2, -0.15) is 9.55 Å². The number of quaternary nitrogens is 1. The Hall–Kier alpha value is -2.55. The number of carboxylic acid groups (broad SMARTS) is 1. The molecule has 8 heteroatoms. The van der Waals surface area contributed by atoms with Gasteiger partial charge in [-0.15, -0.1) is 5.01 Å². The zero-order valence-corrected chi connectivity index (χ0v) is 15.4. The van der Waals surface area contributed by atoms with Crippen LogP contribution < -0.4 is 4.74 Å². The van der Waals surface area contributed by atoms with Crippen molar-refractivity contribution in [3.8, 4) is 5.75 Å². The molecule has 2 aromatic carbocycles. The molecule has 6 nitrogen and oxygen atoms in total. The largest absolute Gasteiger partial charge is 0.601 e. The Balaban J connectivity index is 1.69. The van der Waals surface area contributed by atoms with Crippen LogP contribution in [0.2, 0.25) is 0 Å². The Morgan fingerprint density at radius 3 is 2.39 bits per heavy atom. The molecule has 1 aliphatic heterocycles. The second-order valence-corrected chi connectivity index (χ2v) is 6.84. The van der Waals surface area contributed by atoms with E-state index >= 15 is 0 Å². The Morgan fingerprint density at radius 1 is 1.18 bits per heavy atom. The van der Waals surface area contributed by atoms with Crippen LogP contribution in [0.3, 0.4) is 0 Å². The summed E-state index contributed by atoms with van der Waals surface area (Å²) < 4.78 is 30.5. The quantitative estimate of drug-likeness (QED) is 0.600. The van der Waals surface area contributed by atoms with Gasteiger partial charge in [-0.25, -0.2) is 8.78 Å². The van der Waals surface area contributed by atoms with Gasteiger partial charge in [0.2, 0.25) is 0 Å². The molecular weight excluding hydrogens is 370 g/mol. The lowest BCUT2D eigenvalue weighted by molar-refractivity contribution is -0.956. The zero-order chi connectivity index (χ0) is 20.3. The van der Waals surface area contributed by atoms with Crippen LogP contribution in [-0.4, -0.2) is 40.2 Å². The summed E-state index contributed by atoms with van der Waals surface area (Å²) in [5.74, 6) is -1.74. The van der Waals surface area contributed by atoms with Crippen LogP contribution in [0.15, 0.2) is 48.5 Å². The number of hydrogen-bond acceptors (Lipinski definition) is 4. The number of hydroxylamine groups is 2. The molecule has 28 heavy (non-hydrogen) atoms. The normalized spacial score (nSPS) is 19.0. The first-order valence-electron chi connectivity index (χ1n) is 9.07. The highest BCUT2D eigenvalue weighted by atomic mass is 19.2. The Morgan fingerprint density at radius 2 is 1.82 bits per heavy atom. The highest BCUT2D eigenvalue weighted by Gasteiger charge is 2.43. The van der Waals surface area contributed by atoms with Gasteiger partial charge in [-0.05, 0) is 19.1 Å². The highest BCUT2D eigenvalue weighted by molar-refractivity contribution is 5.57. The fraction of sp³-hybridized carbons (Fsp3) is 0.350. The van der Waals surface area contributed by atoms with Crippen molar-refractivity contribution in [1.29, 1.82) is 0 Å². The molecule has 0 spiro atoms. The third-order valence-electron chi connectivity index (χ3n) is 5.11. The molecule has 2 atom stereocenters. The summed E-state index contributed by atoms with van der Waals surface area (Å²) in [5.41, 5.74) is 0.639. The van der Waals surface area contributed by atoms with E-state index < -0.39 is 28.5 Å². The number of hydrogen-bond donors (Lipinski definition) is 1. The van der Waals surface area contributed by atoms with Crippen LogP contribution in [0.1, 0.15) is 31.4 Å². The molecule has 1 N–H and O–H groups in total. The molecule has 3 rings (SSSR count). The number of benzene rings is 2. The van der Waals surface area contributed by atoms with E-state index in [9.17, 15) is 23.9 Å². The number of amides is 1. The van der Waals surface area contributed by atoms with Crippen molar-refractivity contribution < 1.29 is 28.2 Å². The predicted molar refractivity (Wildman–Crippen MR) is 98.1 cm³/mol. The molecule has 1 aliphatic rings. The van der Waals surface area contributed by atoms with E-state index in [0.29, 0.717) is 18.4 Å². The fourth-order valence-corrected chi connectivity index (χ4v) is 3.46. The maximum absolute atomic E-state index is 13.3. The first-order chi connectivity index (χ1) is 13.3. The van der Waals surface area contributed by atoms with Crippen LogP contribution in [0, 0.1) is 16.8 Å². The smallest absolute Gasteiger partial charge is 0.534 e. The first-order valence-corrected chi connectivity index (χ1v) is 9.07. The van der Waals surface area contributed by atoms with Gasteiger partial charge in [0, 0.05) is 24.5 Å². The van der Waals surface area contributed by atoms with E-state index in [1.165, 1.54) is 11.1 Å². The summed E-state index contributed by atoms with van der Waals surface area (Å²) in [5, 5.41) is 24.4. The minimum atomic E-state index is -1.50. The third-order valence-corrected chi connectivity index (χ3v) is 5.11. The number of piperidine rings is 1. The second-order valence-electron chi connectivity index (χ2n) is 6.84. The lowest BCUT2D eigenvalue weighted by atomic mass is 10.1. The molecule has 2 unspecified atom stereocenters. The van der Waals surface area contributed by atoms with Gasteiger partial charge < -0.3 is 15.1 Å². The maximum Gasteiger partial charge on any atom is 0.534 e. The molecule has 0 saturated carbocycles. The van der Waals surface area contributed by atoms with Crippen molar-refractivity contribution in [2.45, 2.75) is 31.9 Å². The SMILES string of the molecule is CC(c1ccccc1)[N+]([O-])(C(=O)O)N1CCC(Oc2ccc(F)c(F)c2)CC1. The molecule has 0 radical (unpaired) electrons.